The van der Waals surface area contributed by atoms with Gasteiger partial charge >= 0.3 is 0 Å². The zero-order valence-electron chi connectivity index (χ0n) is 16.2. The molecule has 0 spiro atoms. The molecule has 7 nitrogen and oxygen atoms in total. The van der Waals surface area contributed by atoms with Gasteiger partial charge in [0.1, 0.15) is 6.10 Å². The Hall–Kier alpha value is -2.31. The Bertz CT molecular complexity index is 637. The highest BCUT2D eigenvalue weighted by Gasteiger charge is 2.19. The number of amides is 1. The van der Waals surface area contributed by atoms with Crippen LogP contribution in [-0.2, 0) is 11.3 Å². The van der Waals surface area contributed by atoms with Crippen LogP contribution in [0.2, 0.25) is 0 Å². The number of likely N-dealkylation sites (tertiary alicyclic amines) is 1. The second-order valence-corrected chi connectivity index (χ2v) is 7.13. The van der Waals surface area contributed by atoms with Gasteiger partial charge in [0.25, 0.3) is 0 Å². The SMILES string of the molecule is CCNC(=NCc1cccnc1OC1CCCC1)NCC(=O)N1CCCC1. The summed E-state index contributed by atoms with van der Waals surface area (Å²) in [7, 11) is 0. The van der Waals surface area contributed by atoms with Crippen molar-refractivity contribution in [2.45, 2.75) is 58.1 Å². The van der Waals surface area contributed by atoms with Crippen LogP contribution in [-0.4, -0.2) is 54.0 Å². The number of hydrogen-bond acceptors (Lipinski definition) is 4. The van der Waals surface area contributed by atoms with Crippen LogP contribution in [0.5, 0.6) is 5.88 Å². The summed E-state index contributed by atoms with van der Waals surface area (Å²) in [5.74, 6) is 1.45. The zero-order valence-corrected chi connectivity index (χ0v) is 16.2. The molecule has 148 valence electrons. The monoisotopic (exact) mass is 373 g/mol. The summed E-state index contributed by atoms with van der Waals surface area (Å²) in [6, 6.07) is 3.91. The smallest absolute Gasteiger partial charge is 0.241 e. The fourth-order valence-corrected chi connectivity index (χ4v) is 3.56. The van der Waals surface area contributed by atoms with Gasteiger partial charge in [0.2, 0.25) is 11.8 Å². The average Bonchev–Trinajstić information content (AvgIpc) is 3.39. The van der Waals surface area contributed by atoms with Crippen molar-refractivity contribution in [2.24, 2.45) is 4.99 Å². The molecule has 1 aromatic rings. The standard InChI is InChI=1S/C20H31N5O2/c1-2-21-20(24-15-18(26)25-12-5-6-13-25)23-14-16-8-7-11-22-19(16)27-17-9-3-4-10-17/h7-8,11,17H,2-6,9-10,12-15H2,1H3,(H2,21,23,24). The highest BCUT2D eigenvalue weighted by atomic mass is 16.5. The van der Waals surface area contributed by atoms with Crippen molar-refractivity contribution < 1.29 is 9.53 Å². The molecule has 7 heteroatoms. The number of rotatable bonds is 7. The van der Waals surface area contributed by atoms with E-state index in [-0.39, 0.29) is 18.6 Å². The molecule has 0 unspecified atom stereocenters. The molecule has 2 aliphatic rings. The third-order valence-electron chi connectivity index (χ3n) is 5.05. The van der Waals surface area contributed by atoms with E-state index < -0.39 is 0 Å². The molecule has 0 bridgehead atoms. The van der Waals surface area contributed by atoms with Crippen LogP contribution in [0.25, 0.3) is 0 Å². The van der Waals surface area contributed by atoms with Gasteiger partial charge in [0.15, 0.2) is 5.96 Å². The van der Waals surface area contributed by atoms with Gasteiger partial charge in [0, 0.05) is 31.4 Å². The normalized spacial score (nSPS) is 18.0. The topological polar surface area (TPSA) is 78.9 Å². The molecular formula is C20H31N5O2. The summed E-state index contributed by atoms with van der Waals surface area (Å²) in [6.45, 7) is 5.21. The maximum Gasteiger partial charge on any atom is 0.241 e. The zero-order chi connectivity index (χ0) is 18.9. The molecule has 1 amide bonds. The van der Waals surface area contributed by atoms with Crippen LogP contribution in [0, 0.1) is 0 Å². The van der Waals surface area contributed by atoms with Gasteiger partial charge in [-0.05, 0) is 51.5 Å². The lowest BCUT2D eigenvalue weighted by Crippen LogP contribution is -2.44. The van der Waals surface area contributed by atoms with E-state index in [4.69, 9.17) is 4.74 Å². The lowest BCUT2D eigenvalue weighted by Gasteiger charge is -2.17. The summed E-state index contributed by atoms with van der Waals surface area (Å²) >= 11 is 0. The molecule has 0 atom stereocenters. The number of aromatic nitrogens is 1. The van der Waals surface area contributed by atoms with Crippen molar-refractivity contribution in [1.29, 1.82) is 0 Å². The van der Waals surface area contributed by atoms with Crippen LogP contribution in [0.4, 0.5) is 0 Å². The molecule has 0 radical (unpaired) electrons. The summed E-state index contributed by atoms with van der Waals surface area (Å²) in [5, 5.41) is 6.34. The summed E-state index contributed by atoms with van der Waals surface area (Å²) in [5.41, 5.74) is 0.965. The van der Waals surface area contributed by atoms with Gasteiger partial charge in [-0.15, -0.1) is 0 Å². The second kappa shape index (κ2) is 10.1. The Morgan fingerprint density at radius 3 is 2.78 bits per heavy atom. The van der Waals surface area contributed by atoms with Crippen LogP contribution in [0.3, 0.4) is 0 Å². The molecule has 1 saturated heterocycles. The molecule has 27 heavy (non-hydrogen) atoms. The lowest BCUT2D eigenvalue weighted by atomic mass is 10.2. The van der Waals surface area contributed by atoms with Gasteiger partial charge in [-0.1, -0.05) is 6.07 Å². The number of aliphatic imine (C=N–C) groups is 1. The van der Waals surface area contributed by atoms with Crippen molar-refractivity contribution in [3.63, 3.8) is 0 Å². The van der Waals surface area contributed by atoms with E-state index in [9.17, 15) is 4.79 Å². The minimum Gasteiger partial charge on any atom is -0.474 e. The summed E-state index contributed by atoms with van der Waals surface area (Å²) < 4.78 is 6.08. The van der Waals surface area contributed by atoms with Crippen LogP contribution < -0.4 is 15.4 Å². The lowest BCUT2D eigenvalue weighted by molar-refractivity contribution is -0.128. The fourth-order valence-electron chi connectivity index (χ4n) is 3.56. The third-order valence-corrected chi connectivity index (χ3v) is 5.05. The number of nitrogens with zero attached hydrogens (tertiary/aromatic N) is 3. The van der Waals surface area contributed by atoms with Gasteiger partial charge in [-0.25, -0.2) is 9.98 Å². The number of carbonyl (C=O) groups excluding carboxylic acids is 1. The van der Waals surface area contributed by atoms with Crippen molar-refractivity contribution in [3.8, 4) is 5.88 Å². The largest absolute Gasteiger partial charge is 0.474 e. The molecule has 0 aromatic carbocycles. The number of hydrogen-bond donors (Lipinski definition) is 2. The predicted molar refractivity (Wildman–Crippen MR) is 106 cm³/mol. The van der Waals surface area contributed by atoms with Crippen LogP contribution >= 0.6 is 0 Å². The van der Waals surface area contributed by atoms with Crippen LogP contribution in [0.15, 0.2) is 23.3 Å². The fraction of sp³-hybridized carbons (Fsp3) is 0.650. The van der Waals surface area contributed by atoms with E-state index in [0.29, 0.717) is 18.4 Å². The Morgan fingerprint density at radius 2 is 2.04 bits per heavy atom. The third kappa shape index (κ3) is 5.84. The van der Waals surface area contributed by atoms with Crippen molar-refractivity contribution in [1.82, 2.24) is 20.5 Å². The Kier molecular flexibility index (Phi) is 7.30. The summed E-state index contributed by atoms with van der Waals surface area (Å²) in [4.78, 5) is 23.2. The van der Waals surface area contributed by atoms with Crippen molar-refractivity contribution in [3.05, 3.63) is 23.9 Å². The number of nitrogens with one attached hydrogen (secondary N) is 2. The number of guanidine groups is 1. The first-order chi connectivity index (χ1) is 13.3. The van der Waals surface area contributed by atoms with Gasteiger partial charge in [-0.3, -0.25) is 4.79 Å². The van der Waals surface area contributed by atoms with Crippen LogP contribution in [0.1, 0.15) is 51.0 Å². The van der Waals surface area contributed by atoms with E-state index in [1.807, 2.05) is 24.0 Å². The highest BCUT2D eigenvalue weighted by Crippen LogP contribution is 2.25. The van der Waals surface area contributed by atoms with E-state index in [2.05, 4.69) is 20.6 Å². The molecule has 1 aromatic heterocycles. The quantitative estimate of drug-likeness (QED) is 0.565. The minimum atomic E-state index is 0.129. The van der Waals surface area contributed by atoms with Crippen molar-refractivity contribution in [2.75, 3.05) is 26.2 Å². The first-order valence-corrected chi connectivity index (χ1v) is 10.2. The van der Waals surface area contributed by atoms with Gasteiger partial charge in [-0.2, -0.15) is 0 Å². The highest BCUT2D eigenvalue weighted by molar-refractivity contribution is 5.86. The average molecular weight is 374 g/mol. The minimum absolute atomic E-state index is 0.129. The first kappa shape index (κ1) is 19.5. The van der Waals surface area contributed by atoms with E-state index in [1.54, 1.807) is 6.20 Å². The maximum absolute atomic E-state index is 12.2. The Balaban J connectivity index is 1.58. The summed E-state index contributed by atoms with van der Waals surface area (Å²) in [6.07, 6.45) is 8.89. The number of ether oxygens (including phenoxy) is 1. The van der Waals surface area contributed by atoms with Gasteiger partial charge in [0.05, 0.1) is 13.1 Å². The van der Waals surface area contributed by atoms with E-state index in [1.165, 1.54) is 12.8 Å². The maximum atomic E-state index is 12.2. The molecule has 2 N–H and O–H groups in total. The molecule has 1 saturated carbocycles. The molecule has 2 heterocycles. The van der Waals surface area contributed by atoms with E-state index in [0.717, 1.165) is 50.9 Å². The van der Waals surface area contributed by atoms with Gasteiger partial charge < -0.3 is 20.3 Å². The molecule has 3 rings (SSSR count). The van der Waals surface area contributed by atoms with E-state index >= 15 is 0 Å². The number of carbonyl (C=O) groups is 1. The molecular weight excluding hydrogens is 342 g/mol. The van der Waals surface area contributed by atoms with Crippen molar-refractivity contribution >= 4 is 11.9 Å². The first-order valence-electron chi connectivity index (χ1n) is 10.2. The Morgan fingerprint density at radius 1 is 1.26 bits per heavy atom. The molecule has 1 aliphatic carbocycles. The molecule has 1 aliphatic heterocycles. The Labute approximate surface area is 161 Å². The number of pyridine rings is 1. The predicted octanol–water partition coefficient (Wildman–Crippen LogP) is 2.08. The second-order valence-electron chi connectivity index (χ2n) is 7.13. The molecule has 2 fully saturated rings.